The molecule has 0 saturated carbocycles. The number of carbonyl (C=O) groups is 1. The van der Waals surface area contributed by atoms with Crippen molar-refractivity contribution < 1.29 is 4.79 Å². The lowest BCUT2D eigenvalue weighted by Gasteiger charge is -2.24. The molecule has 1 aromatic heterocycles. The highest BCUT2D eigenvalue weighted by Gasteiger charge is 2.22. The molecule has 0 radical (unpaired) electrons. The summed E-state index contributed by atoms with van der Waals surface area (Å²) >= 11 is 0. The summed E-state index contributed by atoms with van der Waals surface area (Å²) in [4.78, 5) is 14.6. The van der Waals surface area contributed by atoms with Gasteiger partial charge < -0.3 is 5.32 Å². The lowest BCUT2D eigenvalue weighted by atomic mass is 10.0. The first-order chi connectivity index (χ1) is 11.3. The van der Waals surface area contributed by atoms with Gasteiger partial charge in [-0.15, -0.1) is 0 Å². The van der Waals surface area contributed by atoms with E-state index in [2.05, 4.69) is 30.3 Å². The number of amides is 1. The van der Waals surface area contributed by atoms with Gasteiger partial charge in [-0.2, -0.15) is 5.10 Å². The summed E-state index contributed by atoms with van der Waals surface area (Å²) < 4.78 is 1.96. The van der Waals surface area contributed by atoms with Gasteiger partial charge in [0.05, 0.1) is 12.2 Å². The number of carbonyl (C=O) groups excluding carboxylic acids is 1. The SMILES string of the molecule is Cc1cccc(C(C(=O)NCCn2nc(C)c(C)c2C)N(C)C)c1. The fourth-order valence-electron chi connectivity index (χ4n) is 2.91. The van der Waals surface area contributed by atoms with E-state index < -0.39 is 0 Å². The monoisotopic (exact) mass is 328 g/mol. The normalized spacial score (nSPS) is 12.5. The van der Waals surface area contributed by atoms with Crippen LogP contribution in [0.2, 0.25) is 0 Å². The summed E-state index contributed by atoms with van der Waals surface area (Å²) in [5.74, 6) is 0.0175. The summed E-state index contributed by atoms with van der Waals surface area (Å²) in [7, 11) is 3.86. The van der Waals surface area contributed by atoms with E-state index in [-0.39, 0.29) is 11.9 Å². The zero-order valence-electron chi connectivity index (χ0n) is 15.6. The van der Waals surface area contributed by atoms with Crippen LogP contribution < -0.4 is 5.32 Å². The van der Waals surface area contributed by atoms with E-state index in [1.54, 1.807) is 0 Å². The molecule has 2 aromatic rings. The maximum absolute atomic E-state index is 12.7. The van der Waals surface area contributed by atoms with Crippen LogP contribution >= 0.6 is 0 Å². The molecular formula is C19H28N4O. The summed E-state index contributed by atoms with van der Waals surface area (Å²) in [6.45, 7) is 9.44. The van der Waals surface area contributed by atoms with E-state index in [0.29, 0.717) is 13.1 Å². The number of nitrogens with zero attached hydrogens (tertiary/aromatic N) is 3. The quantitative estimate of drug-likeness (QED) is 0.886. The maximum Gasteiger partial charge on any atom is 0.242 e. The molecule has 1 N–H and O–H groups in total. The van der Waals surface area contributed by atoms with Crippen molar-refractivity contribution in [3.05, 3.63) is 52.3 Å². The molecule has 1 heterocycles. The zero-order chi connectivity index (χ0) is 17.9. The molecule has 0 bridgehead atoms. The topological polar surface area (TPSA) is 50.2 Å². The molecule has 5 heteroatoms. The maximum atomic E-state index is 12.7. The van der Waals surface area contributed by atoms with Crippen LogP contribution in [0.15, 0.2) is 24.3 Å². The molecule has 1 atom stereocenters. The molecule has 0 saturated heterocycles. The van der Waals surface area contributed by atoms with Crippen LogP contribution in [0.1, 0.15) is 34.1 Å². The van der Waals surface area contributed by atoms with Crippen LogP contribution in [0.5, 0.6) is 0 Å². The van der Waals surface area contributed by atoms with Crippen LogP contribution in [0.25, 0.3) is 0 Å². The van der Waals surface area contributed by atoms with Crippen LogP contribution in [0.4, 0.5) is 0 Å². The third kappa shape index (κ3) is 4.03. The second-order valence-corrected chi connectivity index (χ2v) is 6.59. The lowest BCUT2D eigenvalue weighted by molar-refractivity contribution is -0.125. The first kappa shape index (κ1) is 18.2. The van der Waals surface area contributed by atoms with Crippen LogP contribution in [-0.4, -0.2) is 41.2 Å². The molecule has 5 nitrogen and oxygen atoms in total. The lowest BCUT2D eigenvalue weighted by Crippen LogP contribution is -2.38. The highest BCUT2D eigenvalue weighted by molar-refractivity contribution is 5.83. The second-order valence-electron chi connectivity index (χ2n) is 6.59. The minimum Gasteiger partial charge on any atom is -0.353 e. The first-order valence-corrected chi connectivity index (χ1v) is 8.32. The molecule has 0 spiro atoms. The van der Waals surface area contributed by atoms with Gasteiger partial charge in [-0.3, -0.25) is 14.4 Å². The molecule has 1 amide bonds. The van der Waals surface area contributed by atoms with E-state index in [9.17, 15) is 4.79 Å². The molecule has 0 aliphatic carbocycles. The van der Waals surface area contributed by atoms with Crippen LogP contribution in [-0.2, 0) is 11.3 Å². The summed E-state index contributed by atoms with van der Waals surface area (Å²) in [5.41, 5.74) is 5.59. The van der Waals surface area contributed by atoms with Gasteiger partial charge in [-0.25, -0.2) is 0 Å². The zero-order valence-corrected chi connectivity index (χ0v) is 15.6. The Balaban J connectivity index is 2.02. The largest absolute Gasteiger partial charge is 0.353 e. The molecule has 0 aliphatic heterocycles. The van der Waals surface area contributed by atoms with Gasteiger partial charge in [-0.1, -0.05) is 29.8 Å². The van der Waals surface area contributed by atoms with Crippen molar-refractivity contribution in [2.75, 3.05) is 20.6 Å². The standard InChI is InChI=1S/C19H28N4O/c1-13-8-7-9-17(12-13)18(22(5)6)19(24)20-10-11-23-16(4)14(2)15(3)21-23/h7-9,12,18H,10-11H2,1-6H3,(H,20,24). The van der Waals surface area contributed by atoms with Crippen molar-refractivity contribution in [2.24, 2.45) is 0 Å². The summed E-state index contributed by atoms with van der Waals surface area (Å²) in [6, 6.07) is 7.81. The second kappa shape index (κ2) is 7.62. The Morgan fingerprint density at radius 2 is 1.96 bits per heavy atom. The smallest absolute Gasteiger partial charge is 0.242 e. The van der Waals surface area contributed by atoms with Crippen molar-refractivity contribution in [1.29, 1.82) is 0 Å². The Morgan fingerprint density at radius 1 is 1.25 bits per heavy atom. The van der Waals surface area contributed by atoms with E-state index in [1.165, 1.54) is 5.56 Å². The van der Waals surface area contributed by atoms with Crippen molar-refractivity contribution >= 4 is 5.91 Å². The molecule has 0 aliphatic rings. The van der Waals surface area contributed by atoms with Gasteiger partial charge in [0.1, 0.15) is 6.04 Å². The third-order valence-electron chi connectivity index (χ3n) is 4.49. The first-order valence-electron chi connectivity index (χ1n) is 8.32. The van der Waals surface area contributed by atoms with Crippen molar-refractivity contribution in [1.82, 2.24) is 20.0 Å². The number of likely N-dealkylation sites (N-methyl/N-ethyl adjacent to an activating group) is 1. The summed E-state index contributed by atoms with van der Waals surface area (Å²) in [5, 5.41) is 7.56. The van der Waals surface area contributed by atoms with Gasteiger partial charge >= 0.3 is 0 Å². The highest BCUT2D eigenvalue weighted by atomic mass is 16.2. The average Bonchev–Trinajstić information content (AvgIpc) is 2.74. The van der Waals surface area contributed by atoms with Gasteiger partial charge in [0.15, 0.2) is 0 Å². The van der Waals surface area contributed by atoms with Crippen molar-refractivity contribution in [2.45, 2.75) is 40.3 Å². The minimum absolute atomic E-state index is 0.0175. The highest BCUT2D eigenvalue weighted by Crippen LogP contribution is 2.19. The van der Waals surface area contributed by atoms with E-state index in [0.717, 1.165) is 22.5 Å². The van der Waals surface area contributed by atoms with Crippen LogP contribution in [0.3, 0.4) is 0 Å². The van der Waals surface area contributed by atoms with Gasteiger partial charge in [0.2, 0.25) is 5.91 Å². The molecule has 0 fully saturated rings. The Kier molecular flexibility index (Phi) is 5.78. The Hall–Kier alpha value is -2.14. The van der Waals surface area contributed by atoms with E-state index >= 15 is 0 Å². The third-order valence-corrected chi connectivity index (χ3v) is 4.49. The fraction of sp³-hybridized carbons (Fsp3) is 0.474. The number of aromatic nitrogens is 2. The van der Waals surface area contributed by atoms with Gasteiger partial charge in [0, 0.05) is 12.2 Å². The fourth-order valence-corrected chi connectivity index (χ4v) is 2.91. The number of hydrogen-bond acceptors (Lipinski definition) is 3. The average molecular weight is 328 g/mol. The number of aryl methyl sites for hydroxylation is 2. The predicted octanol–water partition coefficient (Wildman–Crippen LogP) is 2.54. The Morgan fingerprint density at radius 3 is 2.50 bits per heavy atom. The molecule has 2 rings (SSSR count). The van der Waals surface area contributed by atoms with Gasteiger partial charge in [0.25, 0.3) is 0 Å². The van der Waals surface area contributed by atoms with Crippen molar-refractivity contribution in [3.63, 3.8) is 0 Å². The molecule has 1 aromatic carbocycles. The number of benzene rings is 1. The molecule has 130 valence electrons. The molecule has 24 heavy (non-hydrogen) atoms. The van der Waals surface area contributed by atoms with Crippen molar-refractivity contribution in [3.8, 4) is 0 Å². The minimum atomic E-state index is -0.285. The molecular weight excluding hydrogens is 300 g/mol. The number of nitrogens with one attached hydrogen (secondary N) is 1. The van der Waals surface area contributed by atoms with Crippen LogP contribution in [0, 0.1) is 27.7 Å². The molecule has 1 unspecified atom stereocenters. The van der Waals surface area contributed by atoms with E-state index in [4.69, 9.17) is 0 Å². The predicted molar refractivity (Wildman–Crippen MR) is 97.1 cm³/mol. The number of hydrogen-bond donors (Lipinski definition) is 1. The Bertz CT molecular complexity index is 718. The summed E-state index contributed by atoms with van der Waals surface area (Å²) in [6.07, 6.45) is 0. The van der Waals surface area contributed by atoms with E-state index in [1.807, 2.05) is 55.7 Å². The Labute approximate surface area is 144 Å². The number of rotatable bonds is 6. The van der Waals surface area contributed by atoms with Gasteiger partial charge in [-0.05, 0) is 52.9 Å².